The number of carbonyl (C=O) groups is 1. The number of halogens is 3. The molecule has 112 valence electrons. The number of urea groups is 1. The number of primary amides is 1. The molecule has 0 bridgehead atoms. The number of benzene rings is 1. The number of hydrogen-bond acceptors (Lipinski definition) is 3. The second-order valence-corrected chi connectivity index (χ2v) is 4.08. The maximum absolute atomic E-state index is 12.0. The predicted molar refractivity (Wildman–Crippen MR) is 67.1 cm³/mol. The van der Waals surface area contributed by atoms with Crippen LogP contribution in [0.5, 0.6) is 5.75 Å². The minimum atomic E-state index is -4.69. The Labute approximate surface area is 114 Å². The average molecular weight is 291 g/mol. The highest BCUT2D eigenvalue weighted by molar-refractivity contribution is 5.71. The second kappa shape index (κ2) is 6.99. The molecule has 1 rings (SSSR count). The third kappa shape index (κ3) is 6.28. The molecule has 0 aliphatic heterocycles. The Kier molecular flexibility index (Phi) is 5.63. The van der Waals surface area contributed by atoms with Gasteiger partial charge in [-0.25, -0.2) is 4.79 Å². The van der Waals surface area contributed by atoms with Crippen LogP contribution in [0, 0.1) is 0 Å². The molecule has 0 saturated carbocycles. The first-order chi connectivity index (χ1) is 9.28. The monoisotopic (exact) mass is 291 g/mol. The molecule has 0 fully saturated rings. The molecular formula is C12H16F3N3O2. The highest BCUT2D eigenvalue weighted by Crippen LogP contribution is 2.24. The summed E-state index contributed by atoms with van der Waals surface area (Å²) in [5, 5.41) is 5.51. The van der Waals surface area contributed by atoms with Crippen LogP contribution in [0.1, 0.15) is 18.5 Å². The van der Waals surface area contributed by atoms with Crippen LogP contribution in [0.25, 0.3) is 0 Å². The van der Waals surface area contributed by atoms with Crippen molar-refractivity contribution in [3.63, 3.8) is 0 Å². The van der Waals surface area contributed by atoms with Gasteiger partial charge >= 0.3 is 12.4 Å². The molecule has 1 unspecified atom stereocenters. The van der Waals surface area contributed by atoms with Crippen molar-refractivity contribution in [2.75, 3.05) is 13.1 Å². The molecule has 8 heteroatoms. The first-order valence-electron chi connectivity index (χ1n) is 5.90. The van der Waals surface area contributed by atoms with Crippen LogP contribution < -0.4 is 21.1 Å². The normalized spacial score (nSPS) is 12.8. The number of nitrogens with two attached hydrogens (primary N) is 1. The predicted octanol–water partition coefficient (Wildman–Crippen LogP) is 1.90. The van der Waals surface area contributed by atoms with Crippen molar-refractivity contribution in [1.82, 2.24) is 10.6 Å². The molecule has 0 spiro atoms. The van der Waals surface area contributed by atoms with Crippen LogP contribution in [0.3, 0.4) is 0 Å². The minimum Gasteiger partial charge on any atom is -0.406 e. The molecule has 1 aromatic carbocycles. The quantitative estimate of drug-likeness (QED) is 0.701. The Hall–Kier alpha value is -1.96. The Morgan fingerprint density at radius 3 is 2.40 bits per heavy atom. The van der Waals surface area contributed by atoms with Gasteiger partial charge in [0.15, 0.2) is 0 Å². The third-order valence-corrected chi connectivity index (χ3v) is 2.49. The van der Waals surface area contributed by atoms with Crippen molar-refractivity contribution in [3.8, 4) is 5.75 Å². The van der Waals surface area contributed by atoms with Gasteiger partial charge in [-0.05, 0) is 24.6 Å². The summed E-state index contributed by atoms with van der Waals surface area (Å²) in [6, 6.07) is 4.91. The Balaban J connectivity index is 2.45. The molecule has 0 aliphatic carbocycles. The van der Waals surface area contributed by atoms with E-state index in [-0.39, 0.29) is 11.8 Å². The van der Waals surface area contributed by atoms with Crippen molar-refractivity contribution >= 4 is 6.03 Å². The molecule has 5 nitrogen and oxygen atoms in total. The van der Waals surface area contributed by atoms with Crippen LogP contribution in [-0.2, 0) is 0 Å². The van der Waals surface area contributed by atoms with Gasteiger partial charge < -0.3 is 21.1 Å². The van der Waals surface area contributed by atoms with Crippen molar-refractivity contribution in [3.05, 3.63) is 29.8 Å². The molecule has 0 heterocycles. The van der Waals surface area contributed by atoms with E-state index in [0.29, 0.717) is 13.1 Å². The standard InChI is InChI=1S/C12H16F3N3O2/c1-8(17-6-7-18-11(16)19)9-2-4-10(5-3-9)20-12(13,14)15/h2-5,8,17H,6-7H2,1H3,(H3,16,18,19). The molecule has 1 atom stereocenters. The topological polar surface area (TPSA) is 76.4 Å². The zero-order valence-corrected chi connectivity index (χ0v) is 10.8. The van der Waals surface area contributed by atoms with Gasteiger partial charge in [0.05, 0.1) is 0 Å². The number of rotatable bonds is 6. The van der Waals surface area contributed by atoms with Crippen LogP contribution >= 0.6 is 0 Å². The lowest BCUT2D eigenvalue weighted by molar-refractivity contribution is -0.274. The zero-order chi connectivity index (χ0) is 15.2. The number of carbonyl (C=O) groups excluding carboxylic acids is 1. The van der Waals surface area contributed by atoms with Crippen molar-refractivity contribution in [2.24, 2.45) is 5.73 Å². The molecule has 0 aliphatic rings. The fraction of sp³-hybridized carbons (Fsp3) is 0.417. The van der Waals surface area contributed by atoms with Gasteiger partial charge in [0.1, 0.15) is 5.75 Å². The number of ether oxygens (including phenoxy) is 1. The van der Waals surface area contributed by atoms with E-state index >= 15 is 0 Å². The molecular weight excluding hydrogens is 275 g/mol. The fourth-order valence-electron chi connectivity index (χ4n) is 1.55. The summed E-state index contributed by atoms with van der Waals surface area (Å²) in [7, 11) is 0. The van der Waals surface area contributed by atoms with Gasteiger partial charge in [-0.15, -0.1) is 13.2 Å². The van der Waals surface area contributed by atoms with Gasteiger partial charge in [0.2, 0.25) is 0 Å². The smallest absolute Gasteiger partial charge is 0.406 e. The van der Waals surface area contributed by atoms with Gasteiger partial charge in [-0.2, -0.15) is 0 Å². The summed E-state index contributed by atoms with van der Waals surface area (Å²) in [4.78, 5) is 10.4. The summed E-state index contributed by atoms with van der Waals surface area (Å²) >= 11 is 0. The van der Waals surface area contributed by atoms with Crippen LogP contribution in [0.15, 0.2) is 24.3 Å². The molecule has 0 saturated heterocycles. The largest absolute Gasteiger partial charge is 0.573 e. The van der Waals surface area contributed by atoms with Crippen LogP contribution in [-0.4, -0.2) is 25.5 Å². The maximum Gasteiger partial charge on any atom is 0.573 e. The van der Waals surface area contributed by atoms with Crippen molar-refractivity contribution in [2.45, 2.75) is 19.3 Å². The van der Waals surface area contributed by atoms with E-state index in [1.165, 1.54) is 12.1 Å². The van der Waals surface area contributed by atoms with Crippen LogP contribution in [0.2, 0.25) is 0 Å². The Morgan fingerprint density at radius 2 is 1.90 bits per heavy atom. The number of nitrogens with one attached hydrogen (secondary N) is 2. The van der Waals surface area contributed by atoms with Gasteiger partial charge in [-0.3, -0.25) is 0 Å². The SMILES string of the molecule is CC(NCCNC(N)=O)c1ccc(OC(F)(F)F)cc1. The third-order valence-electron chi connectivity index (χ3n) is 2.49. The Bertz CT molecular complexity index is 435. The first-order valence-corrected chi connectivity index (χ1v) is 5.90. The van der Waals surface area contributed by atoms with E-state index in [9.17, 15) is 18.0 Å². The van der Waals surface area contributed by atoms with Gasteiger partial charge in [-0.1, -0.05) is 12.1 Å². The summed E-state index contributed by atoms with van der Waals surface area (Å²) in [5.41, 5.74) is 5.71. The van der Waals surface area contributed by atoms with E-state index < -0.39 is 12.4 Å². The molecule has 1 aromatic rings. The lowest BCUT2D eigenvalue weighted by atomic mass is 10.1. The lowest BCUT2D eigenvalue weighted by Gasteiger charge is -2.15. The number of amides is 2. The Morgan fingerprint density at radius 1 is 1.30 bits per heavy atom. The number of hydrogen-bond donors (Lipinski definition) is 3. The summed E-state index contributed by atoms with van der Waals surface area (Å²) in [6.07, 6.45) is -4.69. The van der Waals surface area contributed by atoms with E-state index in [0.717, 1.165) is 5.56 Å². The van der Waals surface area contributed by atoms with Crippen LogP contribution in [0.4, 0.5) is 18.0 Å². The summed E-state index contributed by atoms with van der Waals surface area (Å²) in [6.45, 7) is 2.71. The van der Waals surface area contributed by atoms with Crippen molar-refractivity contribution < 1.29 is 22.7 Å². The highest BCUT2D eigenvalue weighted by Gasteiger charge is 2.30. The summed E-state index contributed by atoms with van der Waals surface area (Å²) < 4.78 is 39.8. The molecule has 0 aromatic heterocycles. The first kappa shape index (κ1) is 16.1. The van der Waals surface area contributed by atoms with Gasteiger partial charge in [0.25, 0.3) is 0 Å². The maximum atomic E-state index is 12.0. The number of alkyl halides is 3. The molecule has 20 heavy (non-hydrogen) atoms. The lowest BCUT2D eigenvalue weighted by Crippen LogP contribution is -2.36. The second-order valence-electron chi connectivity index (χ2n) is 4.08. The molecule has 4 N–H and O–H groups in total. The van der Waals surface area contributed by atoms with Crippen molar-refractivity contribution in [1.29, 1.82) is 0 Å². The average Bonchev–Trinajstić information content (AvgIpc) is 2.33. The van der Waals surface area contributed by atoms with Gasteiger partial charge in [0, 0.05) is 19.1 Å². The van der Waals surface area contributed by atoms with E-state index in [1.54, 1.807) is 12.1 Å². The highest BCUT2D eigenvalue weighted by atomic mass is 19.4. The molecule has 2 amide bonds. The minimum absolute atomic E-state index is 0.0791. The van der Waals surface area contributed by atoms with E-state index in [4.69, 9.17) is 5.73 Å². The fourth-order valence-corrected chi connectivity index (χ4v) is 1.55. The summed E-state index contributed by atoms with van der Waals surface area (Å²) in [5.74, 6) is -0.260. The van der Waals surface area contributed by atoms with E-state index in [1.807, 2.05) is 6.92 Å². The zero-order valence-electron chi connectivity index (χ0n) is 10.8. The van der Waals surface area contributed by atoms with E-state index in [2.05, 4.69) is 15.4 Å². The molecule has 0 radical (unpaired) electrons.